The Labute approximate surface area is 143 Å². The molecule has 1 amide bonds. The average Bonchev–Trinajstić information content (AvgIpc) is 2.94. The third kappa shape index (κ3) is 3.99. The van der Waals surface area contributed by atoms with Gasteiger partial charge < -0.3 is 14.8 Å². The third-order valence-corrected chi connectivity index (χ3v) is 4.32. The molecular weight excluding hydrogens is 330 g/mol. The van der Waals surface area contributed by atoms with Crippen molar-refractivity contribution in [1.82, 2.24) is 0 Å². The SMILES string of the molecule is CCOC(=O)c1sc(NC(=O)c2ccc(C(=O)OC)cc2)cc1C. The molecule has 0 bridgehead atoms. The summed E-state index contributed by atoms with van der Waals surface area (Å²) in [6.07, 6.45) is 0. The number of ether oxygens (including phenoxy) is 2. The van der Waals surface area contributed by atoms with Crippen LogP contribution in [0.4, 0.5) is 5.00 Å². The van der Waals surface area contributed by atoms with Crippen molar-refractivity contribution in [3.63, 3.8) is 0 Å². The fraction of sp³-hybridized carbons (Fsp3) is 0.235. The number of hydrogen-bond donors (Lipinski definition) is 1. The normalized spacial score (nSPS) is 10.1. The number of anilines is 1. The number of carbonyl (C=O) groups is 3. The summed E-state index contributed by atoms with van der Waals surface area (Å²) in [5.74, 6) is -1.19. The largest absolute Gasteiger partial charge is 0.465 e. The van der Waals surface area contributed by atoms with E-state index < -0.39 is 11.9 Å². The zero-order valence-corrected chi connectivity index (χ0v) is 14.4. The standard InChI is InChI=1S/C17H17NO5S/c1-4-23-17(21)14-10(2)9-13(24-14)18-15(19)11-5-7-12(8-6-11)16(20)22-3/h5-9H,4H2,1-3H3,(H,18,19). The number of carbonyl (C=O) groups excluding carboxylic acids is 3. The highest BCUT2D eigenvalue weighted by Crippen LogP contribution is 2.27. The number of methoxy groups -OCH3 is 1. The number of aryl methyl sites for hydroxylation is 1. The summed E-state index contributed by atoms with van der Waals surface area (Å²) < 4.78 is 9.58. The van der Waals surface area contributed by atoms with Gasteiger partial charge in [0.2, 0.25) is 0 Å². The van der Waals surface area contributed by atoms with Crippen LogP contribution in [0.1, 0.15) is 42.9 Å². The lowest BCUT2D eigenvalue weighted by molar-refractivity contribution is 0.0530. The molecule has 0 aliphatic rings. The van der Waals surface area contributed by atoms with Crippen molar-refractivity contribution in [2.45, 2.75) is 13.8 Å². The Hall–Kier alpha value is -2.67. The molecule has 24 heavy (non-hydrogen) atoms. The molecule has 6 nitrogen and oxygen atoms in total. The number of benzene rings is 1. The summed E-state index contributed by atoms with van der Waals surface area (Å²) in [4.78, 5) is 35.9. The van der Waals surface area contributed by atoms with Crippen LogP contribution in [0.3, 0.4) is 0 Å². The lowest BCUT2D eigenvalue weighted by Gasteiger charge is -2.04. The molecule has 0 saturated carbocycles. The second kappa shape index (κ2) is 7.74. The van der Waals surface area contributed by atoms with E-state index in [1.165, 1.54) is 31.4 Å². The molecule has 0 aliphatic heterocycles. The first kappa shape index (κ1) is 17.7. The van der Waals surface area contributed by atoms with E-state index in [0.717, 1.165) is 16.9 Å². The van der Waals surface area contributed by atoms with Crippen LogP contribution in [0.2, 0.25) is 0 Å². The molecule has 1 aromatic carbocycles. The Kier molecular flexibility index (Phi) is 5.70. The number of amides is 1. The Balaban J connectivity index is 2.11. The second-order valence-electron chi connectivity index (χ2n) is 4.87. The van der Waals surface area contributed by atoms with Gasteiger partial charge in [0.15, 0.2) is 0 Å². The van der Waals surface area contributed by atoms with Crippen molar-refractivity contribution >= 4 is 34.2 Å². The fourth-order valence-corrected chi connectivity index (χ4v) is 2.96. The van der Waals surface area contributed by atoms with Crippen LogP contribution in [-0.2, 0) is 9.47 Å². The maximum absolute atomic E-state index is 12.2. The van der Waals surface area contributed by atoms with Crippen molar-refractivity contribution < 1.29 is 23.9 Å². The van der Waals surface area contributed by atoms with Crippen LogP contribution in [0.5, 0.6) is 0 Å². The number of rotatable bonds is 5. The van der Waals surface area contributed by atoms with Gasteiger partial charge in [-0.2, -0.15) is 0 Å². The molecule has 0 saturated heterocycles. The van der Waals surface area contributed by atoms with E-state index in [4.69, 9.17) is 4.74 Å². The van der Waals surface area contributed by atoms with Crippen LogP contribution < -0.4 is 5.32 Å². The van der Waals surface area contributed by atoms with E-state index in [2.05, 4.69) is 10.1 Å². The van der Waals surface area contributed by atoms with Crippen LogP contribution in [-0.4, -0.2) is 31.6 Å². The summed E-state index contributed by atoms with van der Waals surface area (Å²) in [7, 11) is 1.29. The van der Waals surface area contributed by atoms with Crippen LogP contribution >= 0.6 is 11.3 Å². The van der Waals surface area contributed by atoms with Crippen LogP contribution in [0.25, 0.3) is 0 Å². The molecule has 2 rings (SSSR count). The molecule has 1 N–H and O–H groups in total. The van der Waals surface area contributed by atoms with Gasteiger partial charge in [-0.15, -0.1) is 11.3 Å². The zero-order valence-electron chi connectivity index (χ0n) is 13.5. The summed E-state index contributed by atoms with van der Waals surface area (Å²) in [6, 6.07) is 7.83. The highest BCUT2D eigenvalue weighted by atomic mass is 32.1. The van der Waals surface area contributed by atoms with Gasteiger partial charge in [-0.05, 0) is 49.7 Å². The monoisotopic (exact) mass is 347 g/mol. The van der Waals surface area contributed by atoms with E-state index in [1.54, 1.807) is 19.9 Å². The van der Waals surface area contributed by atoms with Crippen molar-refractivity contribution in [1.29, 1.82) is 0 Å². The Bertz CT molecular complexity index is 764. The summed E-state index contributed by atoms with van der Waals surface area (Å²) >= 11 is 1.16. The Morgan fingerprint density at radius 2 is 1.71 bits per heavy atom. The van der Waals surface area contributed by atoms with Gasteiger partial charge in [-0.3, -0.25) is 4.79 Å². The lowest BCUT2D eigenvalue weighted by Crippen LogP contribution is -2.11. The topological polar surface area (TPSA) is 81.7 Å². The van der Waals surface area contributed by atoms with Gasteiger partial charge in [0.25, 0.3) is 5.91 Å². The van der Waals surface area contributed by atoms with Crippen LogP contribution in [0.15, 0.2) is 30.3 Å². The summed E-state index contributed by atoms with van der Waals surface area (Å²) in [6.45, 7) is 3.81. The molecule has 1 aromatic heterocycles. The zero-order chi connectivity index (χ0) is 17.7. The molecule has 0 aliphatic carbocycles. The van der Waals surface area contributed by atoms with Crippen LogP contribution in [0, 0.1) is 6.92 Å². The van der Waals surface area contributed by atoms with E-state index in [9.17, 15) is 14.4 Å². The molecule has 1 heterocycles. The fourth-order valence-electron chi connectivity index (χ4n) is 2.00. The predicted octanol–water partition coefficient (Wildman–Crippen LogP) is 3.27. The smallest absolute Gasteiger partial charge is 0.348 e. The second-order valence-corrected chi connectivity index (χ2v) is 5.92. The highest BCUT2D eigenvalue weighted by Gasteiger charge is 2.16. The molecule has 126 valence electrons. The van der Waals surface area contributed by atoms with Gasteiger partial charge in [0.05, 0.1) is 24.3 Å². The maximum atomic E-state index is 12.2. The number of thiophene rings is 1. The van der Waals surface area contributed by atoms with Crippen molar-refractivity contribution in [2.75, 3.05) is 19.0 Å². The maximum Gasteiger partial charge on any atom is 0.348 e. The Morgan fingerprint density at radius 1 is 1.08 bits per heavy atom. The summed E-state index contributed by atoms with van der Waals surface area (Å²) in [5.41, 5.74) is 1.51. The molecule has 0 spiro atoms. The molecule has 0 atom stereocenters. The number of hydrogen-bond acceptors (Lipinski definition) is 6. The van der Waals surface area contributed by atoms with E-state index in [0.29, 0.717) is 27.6 Å². The minimum Gasteiger partial charge on any atom is -0.465 e. The molecule has 2 aromatic rings. The molecule has 0 unspecified atom stereocenters. The van der Waals surface area contributed by atoms with Crippen molar-refractivity contribution in [3.05, 3.63) is 51.9 Å². The van der Waals surface area contributed by atoms with Gasteiger partial charge >= 0.3 is 11.9 Å². The van der Waals surface area contributed by atoms with E-state index >= 15 is 0 Å². The van der Waals surface area contributed by atoms with E-state index in [1.807, 2.05) is 0 Å². The number of esters is 2. The van der Waals surface area contributed by atoms with Crippen molar-refractivity contribution in [2.24, 2.45) is 0 Å². The quantitative estimate of drug-likeness (QED) is 0.840. The molecule has 0 fully saturated rings. The average molecular weight is 347 g/mol. The van der Waals surface area contributed by atoms with Gasteiger partial charge in [-0.25, -0.2) is 9.59 Å². The predicted molar refractivity (Wildman–Crippen MR) is 90.7 cm³/mol. The molecular formula is C17H17NO5S. The minimum absolute atomic E-state index is 0.296. The number of nitrogens with one attached hydrogen (secondary N) is 1. The first-order valence-electron chi connectivity index (χ1n) is 7.23. The summed E-state index contributed by atoms with van der Waals surface area (Å²) in [5, 5.41) is 3.29. The van der Waals surface area contributed by atoms with Crippen molar-refractivity contribution in [3.8, 4) is 0 Å². The highest BCUT2D eigenvalue weighted by molar-refractivity contribution is 7.18. The molecule has 7 heteroatoms. The Morgan fingerprint density at radius 3 is 2.29 bits per heavy atom. The third-order valence-electron chi connectivity index (χ3n) is 3.18. The van der Waals surface area contributed by atoms with Gasteiger partial charge in [0, 0.05) is 5.56 Å². The van der Waals surface area contributed by atoms with E-state index in [-0.39, 0.29) is 5.91 Å². The van der Waals surface area contributed by atoms with Gasteiger partial charge in [0.1, 0.15) is 4.88 Å². The first-order chi connectivity index (χ1) is 11.5. The first-order valence-corrected chi connectivity index (χ1v) is 8.05. The molecule has 0 radical (unpaired) electrons. The van der Waals surface area contributed by atoms with Gasteiger partial charge in [-0.1, -0.05) is 0 Å². The minimum atomic E-state index is -0.463. The lowest BCUT2D eigenvalue weighted by atomic mass is 10.1.